The van der Waals surface area contributed by atoms with Gasteiger partial charge in [-0.25, -0.2) is 9.97 Å². The Morgan fingerprint density at radius 2 is 0.703 bits per heavy atom. The molecule has 8 bridgehead atoms. The van der Waals surface area contributed by atoms with Crippen molar-refractivity contribution in [2.24, 2.45) is 0 Å². The number of rotatable bonds is 4. The molecule has 9 rings (SSSR count). The standard InChI is InChI=1S/C64H60N6O4/c1-61(2,3)43-33-41(34-44(37-43)62(4,5)6)59-55-29-25-51(65-55)49(23-17-39-13-19-47(20-14-39)69(71)72)53-27-31-57(67-53)60(42-35-45(63(7,8)9)38-46(36-42)64(10,11)12)58-32-28-54(68-58)50(52-26-30-56(59)66-52)24-18-40-15-21-48(22-16-40)70(73)74/h13-16,19-22,25-38,65,67H,1-12H3. The third-order valence-corrected chi connectivity index (χ3v) is 13.5. The van der Waals surface area contributed by atoms with Crippen molar-refractivity contribution < 1.29 is 9.85 Å². The van der Waals surface area contributed by atoms with Crippen LogP contribution >= 0.6 is 0 Å². The summed E-state index contributed by atoms with van der Waals surface area (Å²) >= 11 is 0. The Kier molecular flexibility index (Phi) is 12.8. The van der Waals surface area contributed by atoms with Crippen LogP contribution < -0.4 is 0 Å². The summed E-state index contributed by atoms with van der Waals surface area (Å²) in [5.41, 5.74) is 16.1. The molecule has 0 saturated heterocycles. The Labute approximate surface area is 433 Å². The Morgan fingerprint density at radius 3 is 1.03 bits per heavy atom. The molecule has 3 aromatic heterocycles. The number of hydrogen-bond donors (Lipinski definition) is 2. The molecule has 0 atom stereocenters. The first-order valence-electron chi connectivity index (χ1n) is 24.8. The Bertz CT molecular complexity index is 3580. The number of H-pyrrole nitrogens is 2. The molecule has 2 N–H and O–H groups in total. The zero-order chi connectivity index (χ0) is 53.1. The number of fused-ring (bicyclic) bond motifs is 8. The quantitative estimate of drug-likeness (QED) is 0.102. The zero-order valence-electron chi connectivity index (χ0n) is 44.1. The zero-order valence-corrected chi connectivity index (χ0v) is 44.1. The van der Waals surface area contributed by atoms with Crippen LogP contribution in [0, 0.1) is 43.9 Å². The second kappa shape index (κ2) is 18.8. The number of nitrogens with zero attached hydrogens (tertiary/aromatic N) is 4. The maximum Gasteiger partial charge on any atom is 0.269 e. The number of aromatic amines is 2. The minimum atomic E-state index is -0.418. The molecule has 10 nitrogen and oxygen atoms in total. The molecule has 0 radical (unpaired) electrons. The first-order valence-corrected chi connectivity index (χ1v) is 24.8. The van der Waals surface area contributed by atoms with Gasteiger partial charge in [0.1, 0.15) is 0 Å². The van der Waals surface area contributed by atoms with E-state index in [0.29, 0.717) is 33.6 Å². The topological polar surface area (TPSA) is 144 Å². The highest BCUT2D eigenvalue weighted by Crippen LogP contribution is 2.40. The van der Waals surface area contributed by atoms with Crippen LogP contribution in [0.4, 0.5) is 11.4 Å². The van der Waals surface area contributed by atoms with Crippen LogP contribution in [0.15, 0.2) is 109 Å². The van der Waals surface area contributed by atoms with Gasteiger partial charge in [0, 0.05) is 57.6 Å². The monoisotopic (exact) mass is 976 g/mol. The van der Waals surface area contributed by atoms with E-state index in [0.717, 1.165) is 55.7 Å². The second-order valence-electron chi connectivity index (χ2n) is 23.2. The molecule has 0 fully saturated rings. The van der Waals surface area contributed by atoms with Crippen LogP contribution in [0.5, 0.6) is 0 Å². The smallest absolute Gasteiger partial charge is 0.269 e. The van der Waals surface area contributed by atoms with Gasteiger partial charge in [0.05, 0.1) is 54.8 Å². The molecular weight excluding hydrogens is 917 g/mol. The molecule has 0 saturated carbocycles. The van der Waals surface area contributed by atoms with Gasteiger partial charge in [0.2, 0.25) is 0 Å². The summed E-state index contributed by atoms with van der Waals surface area (Å²) in [6, 6.07) is 34.4. The first kappa shape index (κ1) is 50.3. The van der Waals surface area contributed by atoms with E-state index < -0.39 is 9.85 Å². The fourth-order valence-electron chi connectivity index (χ4n) is 8.95. The fourth-order valence-corrected chi connectivity index (χ4v) is 8.95. The van der Waals surface area contributed by atoms with Crippen molar-refractivity contribution in [3.8, 4) is 45.9 Å². The Balaban J connectivity index is 1.45. The van der Waals surface area contributed by atoms with Crippen LogP contribution in [0.3, 0.4) is 0 Å². The van der Waals surface area contributed by atoms with Crippen LogP contribution in [0.25, 0.3) is 68.6 Å². The van der Waals surface area contributed by atoms with Crippen LogP contribution in [-0.2, 0) is 21.7 Å². The minimum Gasteiger partial charge on any atom is -0.354 e. The summed E-state index contributed by atoms with van der Waals surface area (Å²) in [6.07, 6.45) is 8.03. The van der Waals surface area contributed by atoms with Gasteiger partial charge in [-0.3, -0.25) is 20.2 Å². The third kappa shape index (κ3) is 10.5. The molecular formula is C64H60N6O4. The number of non-ortho nitro benzene ring substituents is 2. The lowest BCUT2D eigenvalue weighted by Gasteiger charge is -2.26. The predicted octanol–water partition coefficient (Wildman–Crippen LogP) is 15.8. The molecule has 0 aliphatic carbocycles. The SMILES string of the molecule is CC(C)(C)c1cc(-c2c3nc(c(C#Cc4ccc([N+](=O)[O-])cc4)c4nc(c(-c5cc(C(C)(C)C)cc(C(C)(C)C)c5)c5ccc([nH]5)c(C#Cc5ccc([N+](=O)[O-])cc5)c5ccc2[nH]5)C=C4)C=C3)cc(C(C)(C)C)c1. The van der Waals surface area contributed by atoms with Crippen molar-refractivity contribution in [2.45, 2.75) is 105 Å². The highest BCUT2D eigenvalue weighted by molar-refractivity contribution is 5.96. The number of aromatic nitrogens is 4. The lowest BCUT2D eigenvalue weighted by atomic mass is 9.78. The minimum absolute atomic E-state index is 0.00725. The maximum atomic E-state index is 11.6. The molecule has 2 aliphatic heterocycles. The van der Waals surface area contributed by atoms with E-state index in [4.69, 9.17) is 9.97 Å². The highest BCUT2D eigenvalue weighted by atomic mass is 16.6. The summed E-state index contributed by atoms with van der Waals surface area (Å²) in [7, 11) is 0. The fraction of sp³-hybridized carbons (Fsp3) is 0.250. The summed E-state index contributed by atoms with van der Waals surface area (Å²) in [5.74, 6) is 13.5. The lowest BCUT2D eigenvalue weighted by Crippen LogP contribution is -2.16. The molecule has 2 aliphatic rings. The third-order valence-electron chi connectivity index (χ3n) is 13.5. The van der Waals surface area contributed by atoms with Gasteiger partial charge in [-0.05, 0) is 128 Å². The van der Waals surface area contributed by atoms with E-state index in [1.165, 1.54) is 46.5 Å². The normalized spacial score (nSPS) is 12.5. The van der Waals surface area contributed by atoms with E-state index in [1.807, 2.05) is 36.4 Å². The number of nitro groups is 2. The van der Waals surface area contributed by atoms with Crippen molar-refractivity contribution in [1.82, 2.24) is 19.9 Å². The average Bonchev–Trinajstić information content (AvgIpc) is 4.19. The molecule has 0 spiro atoms. The van der Waals surface area contributed by atoms with Crippen LogP contribution in [-0.4, -0.2) is 29.8 Å². The number of nitrogens with one attached hydrogen (secondary N) is 2. The van der Waals surface area contributed by atoms with Gasteiger partial charge in [-0.1, -0.05) is 143 Å². The van der Waals surface area contributed by atoms with Gasteiger partial charge >= 0.3 is 0 Å². The number of benzene rings is 4. The van der Waals surface area contributed by atoms with E-state index in [2.05, 4.69) is 165 Å². The number of hydrogen-bond acceptors (Lipinski definition) is 6. The largest absolute Gasteiger partial charge is 0.354 e. The van der Waals surface area contributed by atoms with Gasteiger partial charge in [-0.2, -0.15) is 0 Å². The van der Waals surface area contributed by atoms with Gasteiger partial charge < -0.3 is 9.97 Å². The molecule has 5 heterocycles. The van der Waals surface area contributed by atoms with Crippen molar-refractivity contribution in [3.05, 3.63) is 197 Å². The summed E-state index contributed by atoms with van der Waals surface area (Å²) in [5, 5.41) is 23.1. The molecule has 370 valence electrons. The highest BCUT2D eigenvalue weighted by Gasteiger charge is 2.26. The average molecular weight is 977 g/mol. The summed E-state index contributed by atoms with van der Waals surface area (Å²) in [6.45, 7) is 26.7. The van der Waals surface area contributed by atoms with Gasteiger partial charge in [-0.15, -0.1) is 0 Å². The van der Waals surface area contributed by atoms with E-state index in [-0.39, 0.29) is 33.0 Å². The van der Waals surface area contributed by atoms with Crippen LogP contribution in [0.1, 0.15) is 150 Å². The van der Waals surface area contributed by atoms with E-state index in [9.17, 15) is 20.2 Å². The Hall–Kier alpha value is -8.60. The maximum absolute atomic E-state index is 11.6. The molecule has 74 heavy (non-hydrogen) atoms. The van der Waals surface area contributed by atoms with E-state index >= 15 is 0 Å². The molecule has 10 heteroatoms. The van der Waals surface area contributed by atoms with Crippen LogP contribution in [0.2, 0.25) is 0 Å². The van der Waals surface area contributed by atoms with Crippen molar-refractivity contribution >= 4 is 57.7 Å². The van der Waals surface area contributed by atoms with Crippen molar-refractivity contribution in [3.63, 3.8) is 0 Å². The molecule has 0 amide bonds. The van der Waals surface area contributed by atoms with E-state index in [1.54, 1.807) is 24.3 Å². The predicted molar refractivity (Wildman–Crippen MR) is 303 cm³/mol. The summed E-state index contributed by atoms with van der Waals surface area (Å²) < 4.78 is 0. The molecule has 4 aromatic carbocycles. The summed E-state index contributed by atoms with van der Waals surface area (Å²) in [4.78, 5) is 40.8. The molecule has 7 aromatic rings. The first-order chi connectivity index (χ1) is 34.8. The lowest BCUT2D eigenvalue weighted by molar-refractivity contribution is -0.385. The van der Waals surface area contributed by atoms with Crippen molar-refractivity contribution in [2.75, 3.05) is 0 Å². The van der Waals surface area contributed by atoms with Gasteiger partial charge in [0.15, 0.2) is 0 Å². The second-order valence-corrected chi connectivity index (χ2v) is 23.2. The van der Waals surface area contributed by atoms with Crippen molar-refractivity contribution in [1.29, 1.82) is 0 Å². The molecule has 0 unspecified atom stereocenters. The van der Waals surface area contributed by atoms with Gasteiger partial charge in [0.25, 0.3) is 11.4 Å². The Morgan fingerprint density at radius 1 is 0.392 bits per heavy atom. The number of nitro benzene ring substituents is 2.